The molecule has 1 saturated heterocycles. The van der Waals surface area contributed by atoms with Crippen LogP contribution in [-0.4, -0.2) is 39.6 Å². The van der Waals surface area contributed by atoms with E-state index in [9.17, 15) is 5.11 Å². The van der Waals surface area contributed by atoms with Crippen molar-refractivity contribution in [2.75, 3.05) is 19.7 Å². The molecule has 0 amide bonds. The van der Waals surface area contributed by atoms with Gasteiger partial charge in [0.15, 0.2) is 0 Å². The molecular weight excluding hydrogens is 204 g/mol. The first-order valence-corrected chi connectivity index (χ1v) is 5.98. The summed E-state index contributed by atoms with van der Waals surface area (Å²) < 4.78 is 1.92. The summed E-state index contributed by atoms with van der Waals surface area (Å²) in [5.74, 6) is 0.999. The van der Waals surface area contributed by atoms with Crippen molar-refractivity contribution in [1.82, 2.24) is 20.1 Å². The number of aryl methyl sites for hydroxylation is 1. The molecule has 2 rings (SSSR count). The molecular formula is C11H20N4O. The number of piperidine rings is 1. The van der Waals surface area contributed by atoms with Crippen molar-refractivity contribution in [3.63, 3.8) is 0 Å². The Kier molecular flexibility index (Phi) is 3.56. The largest absolute Gasteiger partial charge is 0.396 e. The van der Waals surface area contributed by atoms with Crippen LogP contribution < -0.4 is 5.32 Å². The minimum Gasteiger partial charge on any atom is -0.396 e. The summed E-state index contributed by atoms with van der Waals surface area (Å²) in [7, 11) is 0. The third-order valence-corrected chi connectivity index (χ3v) is 3.53. The van der Waals surface area contributed by atoms with Crippen LogP contribution in [0.1, 0.15) is 25.6 Å². The Morgan fingerprint density at radius 3 is 2.88 bits per heavy atom. The normalized spacial score (nSPS) is 19.9. The first kappa shape index (κ1) is 11.5. The van der Waals surface area contributed by atoms with E-state index in [1.54, 1.807) is 6.33 Å². The summed E-state index contributed by atoms with van der Waals surface area (Å²) in [5.41, 5.74) is 0.00516. The average molecular weight is 224 g/mol. The number of hydrogen-bond donors (Lipinski definition) is 2. The van der Waals surface area contributed by atoms with E-state index in [0.717, 1.165) is 44.7 Å². The number of hydrogen-bond acceptors (Lipinski definition) is 4. The first-order chi connectivity index (χ1) is 7.79. The zero-order valence-electron chi connectivity index (χ0n) is 9.82. The summed E-state index contributed by atoms with van der Waals surface area (Å²) in [6, 6.07) is 0. The number of nitrogens with zero attached hydrogens (tertiary/aromatic N) is 3. The highest BCUT2D eigenvalue weighted by Gasteiger charge is 2.33. The monoisotopic (exact) mass is 224 g/mol. The molecule has 5 heteroatoms. The molecule has 0 atom stereocenters. The zero-order chi connectivity index (χ0) is 11.4. The summed E-state index contributed by atoms with van der Waals surface area (Å²) in [6.45, 7) is 5.12. The lowest BCUT2D eigenvalue weighted by molar-refractivity contribution is 0.0861. The van der Waals surface area contributed by atoms with Crippen LogP contribution in [-0.2, 0) is 13.0 Å². The fraction of sp³-hybridized carbons (Fsp3) is 0.818. The topological polar surface area (TPSA) is 63.0 Å². The van der Waals surface area contributed by atoms with Crippen molar-refractivity contribution < 1.29 is 5.11 Å². The van der Waals surface area contributed by atoms with Crippen molar-refractivity contribution in [1.29, 1.82) is 0 Å². The smallest absolute Gasteiger partial charge is 0.138 e. The van der Waals surface area contributed by atoms with Gasteiger partial charge in [0, 0.05) is 25.0 Å². The number of aliphatic hydroxyl groups excluding tert-OH is 1. The molecule has 1 aliphatic rings. The van der Waals surface area contributed by atoms with Crippen molar-refractivity contribution in [3.8, 4) is 0 Å². The quantitative estimate of drug-likeness (QED) is 0.767. The molecule has 1 aromatic rings. The summed E-state index contributed by atoms with van der Waals surface area (Å²) in [4.78, 5) is 4.29. The third-order valence-electron chi connectivity index (χ3n) is 3.53. The Bertz CT molecular complexity index is 330. The number of rotatable bonds is 4. The second-order valence-electron chi connectivity index (χ2n) is 4.58. The predicted octanol–water partition coefficient (Wildman–Crippen LogP) is 0.203. The Balaban J connectivity index is 2.11. The molecule has 2 N–H and O–H groups in total. The first-order valence-electron chi connectivity index (χ1n) is 5.98. The van der Waals surface area contributed by atoms with Gasteiger partial charge in [0.25, 0.3) is 0 Å². The van der Waals surface area contributed by atoms with Crippen molar-refractivity contribution in [3.05, 3.63) is 12.2 Å². The zero-order valence-corrected chi connectivity index (χ0v) is 9.82. The molecule has 0 bridgehead atoms. The van der Waals surface area contributed by atoms with Gasteiger partial charge >= 0.3 is 0 Å². The lowest BCUT2D eigenvalue weighted by Gasteiger charge is -2.35. The second-order valence-corrected chi connectivity index (χ2v) is 4.58. The maximum Gasteiger partial charge on any atom is 0.138 e. The van der Waals surface area contributed by atoms with Gasteiger partial charge in [-0.1, -0.05) is 0 Å². The van der Waals surface area contributed by atoms with Crippen LogP contribution in [0.5, 0.6) is 0 Å². The van der Waals surface area contributed by atoms with Crippen LogP contribution in [0.15, 0.2) is 6.33 Å². The van der Waals surface area contributed by atoms with Gasteiger partial charge < -0.3 is 10.4 Å². The SMILES string of the molecule is CCn1ncnc1CC1(CO)CCNCC1. The molecule has 16 heavy (non-hydrogen) atoms. The lowest BCUT2D eigenvalue weighted by Crippen LogP contribution is -2.41. The van der Waals surface area contributed by atoms with Crippen LogP contribution in [0.4, 0.5) is 0 Å². The van der Waals surface area contributed by atoms with E-state index in [4.69, 9.17) is 0 Å². The molecule has 2 heterocycles. The minimum absolute atomic E-state index is 0.00516. The molecule has 1 fully saturated rings. The van der Waals surface area contributed by atoms with Crippen molar-refractivity contribution in [2.45, 2.75) is 32.7 Å². The molecule has 0 aliphatic carbocycles. The lowest BCUT2D eigenvalue weighted by atomic mass is 9.76. The van der Waals surface area contributed by atoms with E-state index in [-0.39, 0.29) is 12.0 Å². The fourth-order valence-electron chi connectivity index (χ4n) is 2.37. The molecule has 0 aromatic carbocycles. The summed E-state index contributed by atoms with van der Waals surface area (Å²) >= 11 is 0. The Morgan fingerprint density at radius 2 is 2.25 bits per heavy atom. The van der Waals surface area contributed by atoms with E-state index in [0.29, 0.717) is 0 Å². The van der Waals surface area contributed by atoms with Crippen LogP contribution in [0, 0.1) is 5.41 Å². The highest BCUT2D eigenvalue weighted by Crippen LogP contribution is 2.31. The van der Waals surface area contributed by atoms with Crippen molar-refractivity contribution >= 4 is 0 Å². The van der Waals surface area contributed by atoms with Crippen LogP contribution in [0.2, 0.25) is 0 Å². The highest BCUT2D eigenvalue weighted by molar-refractivity contribution is 4.96. The van der Waals surface area contributed by atoms with Gasteiger partial charge in [-0.2, -0.15) is 5.10 Å². The second kappa shape index (κ2) is 4.93. The van der Waals surface area contributed by atoms with E-state index < -0.39 is 0 Å². The highest BCUT2D eigenvalue weighted by atomic mass is 16.3. The Morgan fingerprint density at radius 1 is 1.50 bits per heavy atom. The van der Waals surface area contributed by atoms with Crippen molar-refractivity contribution in [2.24, 2.45) is 5.41 Å². The standard InChI is InChI=1S/C11H20N4O/c1-2-15-10(13-9-14-15)7-11(8-16)3-5-12-6-4-11/h9,12,16H,2-8H2,1H3. The molecule has 1 aromatic heterocycles. The Hall–Kier alpha value is -0.940. The van der Waals surface area contributed by atoms with Gasteiger partial charge in [-0.05, 0) is 32.9 Å². The van der Waals surface area contributed by atoms with Gasteiger partial charge in [-0.25, -0.2) is 4.98 Å². The molecule has 0 unspecified atom stereocenters. The summed E-state index contributed by atoms with van der Waals surface area (Å²) in [5, 5.41) is 17.1. The number of nitrogens with one attached hydrogen (secondary N) is 1. The Labute approximate surface area is 95.9 Å². The van der Waals surface area contributed by atoms with Gasteiger partial charge in [-0.15, -0.1) is 0 Å². The van der Waals surface area contributed by atoms with E-state index in [1.165, 1.54) is 0 Å². The number of aromatic nitrogens is 3. The molecule has 1 aliphatic heterocycles. The van der Waals surface area contributed by atoms with E-state index in [1.807, 2.05) is 4.68 Å². The van der Waals surface area contributed by atoms with Gasteiger partial charge in [0.05, 0.1) is 0 Å². The minimum atomic E-state index is 0.00516. The summed E-state index contributed by atoms with van der Waals surface area (Å²) in [6.07, 6.45) is 4.46. The van der Waals surface area contributed by atoms with E-state index >= 15 is 0 Å². The molecule has 90 valence electrons. The van der Waals surface area contributed by atoms with Gasteiger partial charge in [-0.3, -0.25) is 4.68 Å². The van der Waals surface area contributed by atoms with Gasteiger partial charge in [0.1, 0.15) is 12.2 Å². The molecule has 0 spiro atoms. The van der Waals surface area contributed by atoms with Crippen LogP contribution in [0.25, 0.3) is 0 Å². The molecule has 0 radical (unpaired) electrons. The molecule has 0 saturated carbocycles. The maximum atomic E-state index is 9.62. The molecule has 5 nitrogen and oxygen atoms in total. The fourth-order valence-corrected chi connectivity index (χ4v) is 2.37. The third kappa shape index (κ3) is 2.25. The van der Waals surface area contributed by atoms with Crippen LogP contribution >= 0.6 is 0 Å². The van der Waals surface area contributed by atoms with E-state index in [2.05, 4.69) is 22.3 Å². The van der Waals surface area contributed by atoms with Crippen LogP contribution in [0.3, 0.4) is 0 Å². The number of aliphatic hydroxyl groups is 1. The average Bonchev–Trinajstić information content (AvgIpc) is 2.77. The maximum absolute atomic E-state index is 9.62. The predicted molar refractivity (Wildman–Crippen MR) is 61.0 cm³/mol. The van der Waals surface area contributed by atoms with Gasteiger partial charge in [0.2, 0.25) is 0 Å².